The van der Waals surface area contributed by atoms with Crippen molar-refractivity contribution in [2.45, 2.75) is 26.3 Å². The number of urea groups is 1. The Balaban J connectivity index is 1.63. The molecule has 1 saturated heterocycles. The van der Waals surface area contributed by atoms with Crippen LogP contribution in [-0.4, -0.2) is 47.0 Å². The lowest BCUT2D eigenvalue weighted by Crippen LogP contribution is -2.40. The summed E-state index contributed by atoms with van der Waals surface area (Å²) in [6.45, 7) is 6.52. The highest BCUT2D eigenvalue weighted by Crippen LogP contribution is 2.17. The second-order valence-electron chi connectivity index (χ2n) is 5.79. The monoisotopic (exact) mass is 322 g/mol. The number of carbonyl (C=O) groups is 2. The van der Waals surface area contributed by atoms with Gasteiger partial charge in [-0.05, 0) is 32.9 Å². The van der Waals surface area contributed by atoms with Crippen LogP contribution in [0.5, 0.6) is 5.75 Å². The fourth-order valence-corrected chi connectivity index (χ4v) is 2.85. The minimum absolute atomic E-state index is 0.158. The first-order valence-electron chi connectivity index (χ1n) is 7.31. The summed E-state index contributed by atoms with van der Waals surface area (Å²) in [7, 11) is 0. The molecule has 0 saturated carbocycles. The number of amides is 3. The minimum Gasteiger partial charge on any atom is -0.493 e. The van der Waals surface area contributed by atoms with E-state index >= 15 is 0 Å². The van der Waals surface area contributed by atoms with Gasteiger partial charge in [0.15, 0.2) is 0 Å². The molecule has 0 unspecified atom stereocenters. The molecule has 1 heterocycles. The van der Waals surface area contributed by atoms with Gasteiger partial charge in [-0.2, -0.15) is 11.8 Å². The van der Waals surface area contributed by atoms with E-state index in [1.54, 1.807) is 25.6 Å². The topological polar surface area (TPSA) is 58.6 Å². The average Bonchev–Trinajstić information content (AvgIpc) is 2.65. The SMILES string of the molecule is Cc1ccc(OCCSCCN2C(=O)NC(C)(C)C2=O)cc1. The van der Waals surface area contributed by atoms with E-state index in [4.69, 9.17) is 4.74 Å². The maximum atomic E-state index is 12.0. The predicted molar refractivity (Wildman–Crippen MR) is 88.3 cm³/mol. The molecule has 0 aliphatic carbocycles. The Bertz CT molecular complexity index is 543. The summed E-state index contributed by atoms with van der Waals surface area (Å²) in [5.41, 5.74) is 0.425. The van der Waals surface area contributed by atoms with Gasteiger partial charge >= 0.3 is 6.03 Å². The first-order chi connectivity index (χ1) is 10.4. The third kappa shape index (κ3) is 4.16. The highest BCUT2D eigenvalue weighted by molar-refractivity contribution is 7.99. The van der Waals surface area contributed by atoms with Crippen molar-refractivity contribution in [2.75, 3.05) is 24.7 Å². The molecular weight excluding hydrogens is 300 g/mol. The molecule has 1 fully saturated rings. The Morgan fingerprint density at radius 3 is 2.45 bits per heavy atom. The van der Waals surface area contributed by atoms with E-state index in [2.05, 4.69) is 5.32 Å². The molecule has 0 radical (unpaired) electrons. The van der Waals surface area contributed by atoms with Crippen LogP contribution in [0.15, 0.2) is 24.3 Å². The molecule has 1 aliphatic heterocycles. The second-order valence-corrected chi connectivity index (χ2v) is 7.01. The average molecular weight is 322 g/mol. The third-order valence-electron chi connectivity index (χ3n) is 3.42. The number of rotatable bonds is 7. The Labute approximate surface area is 135 Å². The lowest BCUT2D eigenvalue weighted by molar-refractivity contribution is -0.130. The van der Waals surface area contributed by atoms with Crippen molar-refractivity contribution < 1.29 is 14.3 Å². The molecular formula is C16H22N2O3S. The molecule has 0 bridgehead atoms. The number of benzene rings is 1. The molecule has 1 aromatic rings. The number of imide groups is 1. The van der Waals surface area contributed by atoms with Crippen LogP contribution in [0.1, 0.15) is 19.4 Å². The van der Waals surface area contributed by atoms with Gasteiger partial charge in [0.2, 0.25) is 0 Å². The van der Waals surface area contributed by atoms with E-state index < -0.39 is 5.54 Å². The standard InChI is InChI=1S/C16H22N2O3S/c1-12-4-6-13(7-5-12)21-9-11-22-10-8-18-14(19)16(2,3)17-15(18)20/h4-7H,8-11H2,1-3H3,(H,17,20). The lowest BCUT2D eigenvalue weighted by atomic mass is 10.1. The van der Waals surface area contributed by atoms with Gasteiger partial charge in [0.1, 0.15) is 11.3 Å². The van der Waals surface area contributed by atoms with Crippen LogP contribution < -0.4 is 10.1 Å². The quantitative estimate of drug-likeness (QED) is 0.619. The molecule has 5 nitrogen and oxygen atoms in total. The largest absolute Gasteiger partial charge is 0.493 e. The predicted octanol–water partition coefficient (Wildman–Crippen LogP) is 2.44. The van der Waals surface area contributed by atoms with Crippen molar-refractivity contribution in [1.82, 2.24) is 10.2 Å². The molecule has 1 aliphatic rings. The smallest absolute Gasteiger partial charge is 0.325 e. The van der Waals surface area contributed by atoms with E-state index in [9.17, 15) is 9.59 Å². The van der Waals surface area contributed by atoms with Crippen LogP contribution in [-0.2, 0) is 4.79 Å². The van der Waals surface area contributed by atoms with E-state index in [1.165, 1.54) is 10.5 Å². The number of hydrogen-bond donors (Lipinski definition) is 1. The number of nitrogens with one attached hydrogen (secondary N) is 1. The Morgan fingerprint density at radius 2 is 1.86 bits per heavy atom. The van der Waals surface area contributed by atoms with Crippen molar-refractivity contribution in [2.24, 2.45) is 0 Å². The zero-order chi connectivity index (χ0) is 16.2. The molecule has 2 rings (SSSR count). The molecule has 3 amide bonds. The van der Waals surface area contributed by atoms with Crippen LogP contribution in [0.4, 0.5) is 4.79 Å². The minimum atomic E-state index is -0.781. The maximum absolute atomic E-state index is 12.0. The van der Waals surface area contributed by atoms with Crippen molar-refractivity contribution in [3.8, 4) is 5.75 Å². The molecule has 0 atom stereocenters. The highest BCUT2D eigenvalue weighted by atomic mass is 32.2. The van der Waals surface area contributed by atoms with Crippen LogP contribution >= 0.6 is 11.8 Å². The normalized spacial score (nSPS) is 16.8. The molecule has 22 heavy (non-hydrogen) atoms. The van der Waals surface area contributed by atoms with Gasteiger partial charge < -0.3 is 10.1 Å². The van der Waals surface area contributed by atoms with Crippen molar-refractivity contribution in [3.05, 3.63) is 29.8 Å². The Hall–Kier alpha value is -1.69. The van der Waals surface area contributed by atoms with Gasteiger partial charge in [0.25, 0.3) is 5.91 Å². The molecule has 1 aromatic carbocycles. The lowest BCUT2D eigenvalue weighted by Gasteiger charge is -2.15. The van der Waals surface area contributed by atoms with E-state index in [-0.39, 0.29) is 11.9 Å². The first-order valence-corrected chi connectivity index (χ1v) is 8.47. The number of hydrogen-bond acceptors (Lipinski definition) is 4. The third-order valence-corrected chi connectivity index (χ3v) is 4.35. The fraction of sp³-hybridized carbons (Fsp3) is 0.500. The summed E-state index contributed by atoms with van der Waals surface area (Å²) in [5, 5.41) is 2.67. The number of carbonyl (C=O) groups excluding carboxylic acids is 2. The van der Waals surface area contributed by atoms with Crippen molar-refractivity contribution in [3.63, 3.8) is 0 Å². The summed E-state index contributed by atoms with van der Waals surface area (Å²) >= 11 is 1.67. The molecule has 0 spiro atoms. The van der Waals surface area contributed by atoms with Gasteiger partial charge in [-0.25, -0.2) is 4.79 Å². The molecule has 1 N–H and O–H groups in total. The van der Waals surface area contributed by atoms with Crippen molar-refractivity contribution >= 4 is 23.7 Å². The Kier molecular flexibility index (Phi) is 5.34. The van der Waals surface area contributed by atoms with Crippen molar-refractivity contribution in [1.29, 1.82) is 0 Å². The molecule has 6 heteroatoms. The second kappa shape index (κ2) is 7.05. The van der Waals surface area contributed by atoms with Crippen LogP contribution in [0.3, 0.4) is 0 Å². The van der Waals surface area contributed by atoms with E-state index in [1.807, 2.05) is 31.2 Å². The maximum Gasteiger partial charge on any atom is 0.325 e. The van der Waals surface area contributed by atoms with Gasteiger partial charge in [0.05, 0.1) is 6.61 Å². The Morgan fingerprint density at radius 1 is 1.18 bits per heavy atom. The summed E-state index contributed by atoms with van der Waals surface area (Å²) in [4.78, 5) is 25.0. The van der Waals surface area contributed by atoms with Gasteiger partial charge in [-0.15, -0.1) is 0 Å². The summed E-state index contributed by atoms with van der Waals surface area (Å²) in [5.74, 6) is 2.24. The number of aryl methyl sites for hydroxylation is 1. The molecule has 120 valence electrons. The zero-order valence-electron chi connectivity index (χ0n) is 13.2. The van der Waals surface area contributed by atoms with Crippen LogP contribution in [0.25, 0.3) is 0 Å². The number of ether oxygens (including phenoxy) is 1. The summed E-state index contributed by atoms with van der Waals surface area (Å²) in [6, 6.07) is 7.64. The number of thioether (sulfide) groups is 1. The zero-order valence-corrected chi connectivity index (χ0v) is 14.0. The van der Waals surface area contributed by atoms with Gasteiger partial charge in [0, 0.05) is 18.1 Å². The van der Waals surface area contributed by atoms with Crippen LogP contribution in [0.2, 0.25) is 0 Å². The first kappa shape index (κ1) is 16.7. The van der Waals surface area contributed by atoms with E-state index in [0.29, 0.717) is 18.9 Å². The molecule has 0 aromatic heterocycles. The summed E-state index contributed by atoms with van der Waals surface area (Å²) < 4.78 is 5.63. The number of nitrogens with zero attached hydrogens (tertiary/aromatic N) is 1. The van der Waals surface area contributed by atoms with Crippen LogP contribution in [0, 0.1) is 6.92 Å². The fourth-order valence-electron chi connectivity index (χ4n) is 2.13. The highest BCUT2D eigenvalue weighted by Gasteiger charge is 2.43. The summed E-state index contributed by atoms with van der Waals surface area (Å²) in [6.07, 6.45) is 0. The van der Waals surface area contributed by atoms with Gasteiger partial charge in [-0.3, -0.25) is 9.69 Å². The van der Waals surface area contributed by atoms with E-state index in [0.717, 1.165) is 11.5 Å². The van der Waals surface area contributed by atoms with Gasteiger partial charge in [-0.1, -0.05) is 17.7 Å².